The quantitative estimate of drug-likeness (QED) is 0.881. The highest BCUT2D eigenvalue weighted by atomic mass is 16.1. The van der Waals surface area contributed by atoms with Crippen LogP contribution in [0.15, 0.2) is 18.2 Å². The molecule has 1 aliphatic rings. The molecule has 1 aromatic heterocycles. The van der Waals surface area contributed by atoms with E-state index >= 15 is 0 Å². The molecule has 1 fully saturated rings. The van der Waals surface area contributed by atoms with Gasteiger partial charge in [-0.25, -0.2) is 4.98 Å². The van der Waals surface area contributed by atoms with Gasteiger partial charge >= 0.3 is 0 Å². The molecule has 1 aliphatic heterocycles. The second-order valence-corrected chi connectivity index (χ2v) is 5.28. The summed E-state index contributed by atoms with van der Waals surface area (Å²) in [6, 6.07) is 5.60. The van der Waals surface area contributed by atoms with E-state index in [0.717, 1.165) is 50.6 Å². The molecule has 0 bridgehead atoms. The van der Waals surface area contributed by atoms with Gasteiger partial charge in [-0.2, -0.15) is 0 Å². The second kappa shape index (κ2) is 5.73. The van der Waals surface area contributed by atoms with Gasteiger partial charge in [0.1, 0.15) is 5.52 Å². The minimum atomic E-state index is -0.426. The number of nitrogens with two attached hydrogens (primary N) is 1. The van der Waals surface area contributed by atoms with Gasteiger partial charge in [-0.05, 0) is 32.0 Å². The fourth-order valence-electron chi connectivity index (χ4n) is 2.93. The van der Waals surface area contributed by atoms with Gasteiger partial charge in [-0.1, -0.05) is 6.07 Å². The molecule has 2 aromatic rings. The minimum absolute atomic E-state index is 0.426. The van der Waals surface area contributed by atoms with Crippen molar-refractivity contribution in [3.05, 3.63) is 23.8 Å². The zero-order chi connectivity index (χ0) is 14.8. The van der Waals surface area contributed by atoms with E-state index in [1.807, 2.05) is 12.1 Å². The van der Waals surface area contributed by atoms with Crippen LogP contribution < -0.4 is 16.0 Å². The maximum absolute atomic E-state index is 11.6. The summed E-state index contributed by atoms with van der Waals surface area (Å²) in [5.74, 6) is 0.510. The van der Waals surface area contributed by atoms with Gasteiger partial charge in [0.2, 0.25) is 5.95 Å². The van der Waals surface area contributed by atoms with E-state index in [1.165, 1.54) is 0 Å². The minimum Gasteiger partial charge on any atom is -0.366 e. The van der Waals surface area contributed by atoms with Gasteiger partial charge in [-0.3, -0.25) is 4.79 Å². The van der Waals surface area contributed by atoms with Crippen molar-refractivity contribution in [2.75, 3.05) is 31.1 Å². The Hall–Kier alpha value is -2.08. The summed E-state index contributed by atoms with van der Waals surface area (Å²) in [4.78, 5) is 18.6. The maximum Gasteiger partial charge on any atom is 0.250 e. The predicted molar refractivity (Wildman–Crippen MR) is 83.6 cm³/mol. The van der Waals surface area contributed by atoms with Crippen LogP contribution in [0, 0.1) is 0 Å². The summed E-state index contributed by atoms with van der Waals surface area (Å²) in [5, 5.41) is 3.40. The molecule has 0 spiro atoms. The average molecular weight is 287 g/mol. The van der Waals surface area contributed by atoms with Crippen LogP contribution in [0.2, 0.25) is 0 Å². The highest BCUT2D eigenvalue weighted by Crippen LogP contribution is 2.25. The van der Waals surface area contributed by atoms with Crippen LogP contribution >= 0.6 is 0 Å². The Morgan fingerprint density at radius 1 is 1.38 bits per heavy atom. The number of imidazole rings is 1. The normalized spacial score (nSPS) is 16.1. The lowest BCUT2D eigenvalue weighted by atomic mass is 10.2. The molecule has 0 unspecified atom stereocenters. The molecule has 21 heavy (non-hydrogen) atoms. The molecule has 1 saturated heterocycles. The molecule has 0 saturated carbocycles. The predicted octanol–water partition coefficient (Wildman–Crippen LogP) is 0.955. The summed E-state index contributed by atoms with van der Waals surface area (Å²) >= 11 is 0. The summed E-state index contributed by atoms with van der Waals surface area (Å²) in [6.07, 6.45) is 1.09. The Bertz CT molecular complexity index is 655. The van der Waals surface area contributed by atoms with Crippen LogP contribution in [0.4, 0.5) is 5.95 Å². The van der Waals surface area contributed by atoms with Gasteiger partial charge in [0.05, 0.1) is 11.1 Å². The maximum atomic E-state index is 11.6. The first-order valence-electron chi connectivity index (χ1n) is 7.47. The number of benzene rings is 1. The van der Waals surface area contributed by atoms with E-state index in [0.29, 0.717) is 11.1 Å². The van der Waals surface area contributed by atoms with Crippen LogP contribution in [0.5, 0.6) is 0 Å². The van der Waals surface area contributed by atoms with E-state index in [1.54, 1.807) is 6.07 Å². The fraction of sp³-hybridized carbons (Fsp3) is 0.467. The number of carbonyl (C=O) groups is 1. The first-order valence-corrected chi connectivity index (χ1v) is 7.47. The van der Waals surface area contributed by atoms with Crippen molar-refractivity contribution in [1.29, 1.82) is 0 Å². The fourth-order valence-corrected chi connectivity index (χ4v) is 2.93. The van der Waals surface area contributed by atoms with Crippen molar-refractivity contribution in [2.24, 2.45) is 5.73 Å². The van der Waals surface area contributed by atoms with E-state index < -0.39 is 5.91 Å². The van der Waals surface area contributed by atoms with Gasteiger partial charge in [0.15, 0.2) is 0 Å². The zero-order valence-corrected chi connectivity index (χ0v) is 12.3. The number of para-hydroxylation sites is 1. The summed E-state index contributed by atoms with van der Waals surface area (Å²) in [7, 11) is 0. The number of primary amides is 1. The Labute approximate surface area is 123 Å². The van der Waals surface area contributed by atoms with Crippen molar-refractivity contribution in [3.63, 3.8) is 0 Å². The van der Waals surface area contributed by atoms with Crippen LogP contribution in [-0.2, 0) is 6.54 Å². The van der Waals surface area contributed by atoms with Crippen molar-refractivity contribution < 1.29 is 4.79 Å². The van der Waals surface area contributed by atoms with Crippen molar-refractivity contribution in [1.82, 2.24) is 14.9 Å². The molecule has 0 atom stereocenters. The summed E-state index contributed by atoms with van der Waals surface area (Å²) < 4.78 is 2.16. The molecule has 0 radical (unpaired) electrons. The Kier molecular flexibility index (Phi) is 3.79. The van der Waals surface area contributed by atoms with Crippen LogP contribution in [-0.4, -0.2) is 41.6 Å². The molecule has 2 heterocycles. The SMILES string of the molecule is CCn1c(N2CCCNCC2)nc2c(C(N)=O)cccc21. The number of hydrogen-bond donors (Lipinski definition) is 2. The Morgan fingerprint density at radius 3 is 3.00 bits per heavy atom. The number of nitrogens with zero attached hydrogens (tertiary/aromatic N) is 3. The van der Waals surface area contributed by atoms with Gasteiger partial charge in [0, 0.05) is 26.2 Å². The molecular weight excluding hydrogens is 266 g/mol. The lowest BCUT2D eigenvalue weighted by Gasteiger charge is -2.21. The van der Waals surface area contributed by atoms with Crippen molar-refractivity contribution in [2.45, 2.75) is 19.9 Å². The van der Waals surface area contributed by atoms with Crippen molar-refractivity contribution in [3.8, 4) is 0 Å². The van der Waals surface area contributed by atoms with E-state index in [9.17, 15) is 4.79 Å². The van der Waals surface area contributed by atoms with Gasteiger partial charge in [-0.15, -0.1) is 0 Å². The number of aromatic nitrogens is 2. The number of carbonyl (C=O) groups excluding carboxylic acids is 1. The van der Waals surface area contributed by atoms with Gasteiger partial charge in [0.25, 0.3) is 5.91 Å². The monoisotopic (exact) mass is 287 g/mol. The highest BCUT2D eigenvalue weighted by molar-refractivity contribution is 6.04. The van der Waals surface area contributed by atoms with Crippen LogP contribution in [0.3, 0.4) is 0 Å². The molecule has 3 N–H and O–H groups in total. The second-order valence-electron chi connectivity index (χ2n) is 5.28. The number of hydrogen-bond acceptors (Lipinski definition) is 4. The first-order chi connectivity index (χ1) is 10.2. The number of amides is 1. The Balaban J connectivity index is 2.13. The van der Waals surface area contributed by atoms with E-state index in [4.69, 9.17) is 10.7 Å². The third kappa shape index (κ3) is 2.47. The number of rotatable bonds is 3. The molecule has 3 rings (SSSR count). The number of aryl methyl sites for hydroxylation is 1. The standard InChI is InChI=1S/C15H21N5O/c1-2-20-12-6-3-5-11(14(16)21)13(12)18-15(20)19-9-4-7-17-8-10-19/h3,5-6,17H,2,4,7-10H2,1H3,(H2,16,21). The molecular formula is C15H21N5O. The van der Waals surface area contributed by atoms with Crippen molar-refractivity contribution >= 4 is 22.9 Å². The molecule has 1 aromatic carbocycles. The largest absolute Gasteiger partial charge is 0.366 e. The van der Waals surface area contributed by atoms with Gasteiger partial charge < -0.3 is 20.5 Å². The molecule has 1 amide bonds. The highest BCUT2D eigenvalue weighted by Gasteiger charge is 2.20. The summed E-state index contributed by atoms with van der Waals surface area (Å²) in [5.41, 5.74) is 7.65. The summed E-state index contributed by atoms with van der Waals surface area (Å²) in [6.45, 7) is 6.80. The number of nitrogens with one attached hydrogen (secondary N) is 1. The number of fused-ring (bicyclic) bond motifs is 1. The van der Waals surface area contributed by atoms with E-state index in [-0.39, 0.29) is 0 Å². The average Bonchev–Trinajstić information content (AvgIpc) is 2.67. The first kappa shape index (κ1) is 13.9. The molecule has 6 heteroatoms. The lowest BCUT2D eigenvalue weighted by Crippen LogP contribution is -2.30. The smallest absolute Gasteiger partial charge is 0.250 e. The molecule has 0 aliphatic carbocycles. The zero-order valence-electron chi connectivity index (χ0n) is 12.3. The Morgan fingerprint density at radius 2 is 2.24 bits per heavy atom. The third-order valence-corrected chi connectivity index (χ3v) is 3.96. The lowest BCUT2D eigenvalue weighted by molar-refractivity contribution is 0.100. The van der Waals surface area contributed by atoms with Crippen LogP contribution in [0.1, 0.15) is 23.7 Å². The van der Waals surface area contributed by atoms with E-state index in [2.05, 4.69) is 21.7 Å². The topological polar surface area (TPSA) is 76.2 Å². The molecule has 6 nitrogen and oxygen atoms in total. The molecule has 112 valence electrons. The van der Waals surface area contributed by atoms with Crippen LogP contribution in [0.25, 0.3) is 11.0 Å². The number of anilines is 1. The third-order valence-electron chi connectivity index (χ3n) is 3.96.